The van der Waals surface area contributed by atoms with E-state index in [9.17, 15) is 14.7 Å². The second-order valence-electron chi connectivity index (χ2n) is 6.42. The van der Waals surface area contributed by atoms with Crippen LogP contribution in [0.25, 0.3) is 0 Å². The molecule has 1 spiro atoms. The van der Waals surface area contributed by atoms with Gasteiger partial charge >= 0.3 is 11.9 Å². The largest absolute Gasteiger partial charge is 0.478 e. The van der Waals surface area contributed by atoms with Gasteiger partial charge in [-0.1, -0.05) is 27.0 Å². The molecule has 0 aromatic heterocycles. The van der Waals surface area contributed by atoms with Gasteiger partial charge in [-0.3, -0.25) is 0 Å². The van der Waals surface area contributed by atoms with Gasteiger partial charge in [0.2, 0.25) is 0 Å². The lowest BCUT2D eigenvalue weighted by molar-refractivity contribution is -0.299. The lowest BCUT2D eigenvalue weighted by atomic mass is 9.70. The number of hydrogen-bond acceptors (Lipinski definition) is 7. The molecule has 0 amide bonds. The molecule has 2 aliphatic rings. The van der Waals surface area contributed by atoms with E-state index in [0.717, 1.165) is 12.2 Å². The van der Waals surface area contributed by atoms with Crippen LogP contribution in [0.1, 0.15) is 13.8 Å². The van der Waals surface area contributed by atoms with Crippen LogP contribution in [0, 0.1) is 10.8 Å². The van der Waals surface area contributed by atoms with Gasteiger partial charge in [0.1, 0.15) is 13.6 Å². The third-order valence-corrected chi connectivity index (χ3v) is 3.68. The van der Waals surface area contributed by atoms with Crippen LogP contribution in [0.2, 0.25) is 0 Å². The second kappa shape index (κ2) is 11.8. The fraction of sp³-hybridized carbons (Fsp3) is 0.647. The Balaban J connectivity index is 0.000000520. The zero-order valence-corrected chi connectivity index (χ0v) is 15.2. The summed E-state index contributed by atoms with van der Waals surface area (Å²) in [6.45, 7) is 12.2. The Hall–Kier alpha value is -1.78. The number of ether oxygens (including phenoxy) is 4. The summed E-state index contributed by atoms with van der Waals surface area (Å²) in [5.74, 6) is -1.96. The highest BCUT2D eigenvalue weighted by molar-refractivity contribution is 5.79. The molecule has 9 heteroatoms. The van der Waals surface area contributed by atoms with E-state index in [1.165, 1.54) is 0 Å². The van der Waals surface area contributed by atoms with E-state index in [1.807, 2.05) is 13.8 Å². The van der Waals surface area contributed by atoms with E-state index >= 15 is 0 Å². The van der Waals surface area contributed by atoms with Crippen molar-refractivity contribution in [3.05, 3.63) is 25.3 Å². The maximum absolute atomic E-state index is 9.46. The normalized spacial score (nSPS) is 21.3. The van der Waals surface area contributed by atoms with Gasteiger partial charge < -0.3 is 34.3 Å². The Labute approximate surface area is 152 Å². The summed E-state index contributed by atoms with van der Waals surface area (Å²) in [5.41, 5.74) is -0.615. The first kappa shape index (κ1) is 24.2. The third kappa shape index (κ3) is 8.07. The van der Waals surface area contributed by atoms with Crippen molar-refractivity contribution < 1.29 is 43.9 Å². The van der Waals surface area contributed by atoms with Crippen LogP contribution in [-0.4, -0.2) is 73.4 Å². The highest BCUT2D eigenvalue weighted by Crippen LogP contribution is 2.41. The van der Waals surface area contributed by atoms with Crippen molar-refractivity contribution in [2.45, 2.75) is 20.0 Å². The van der Waals surface area contributed by atoms with Crippen LogP contribution in [0.5, 0.6) is 0 Å². The van der Waals surface area contributed by atoms with E-state index in [1.54, 1.807) is 0 Å². The molecule has 2 saturated heterocycles. The van der Waals surface area contributed by atoms with E-state index in [4.69, 9.17) is 29.2 Å². The van der Waals surface area contributed by atoms with Crippen LogP contribution in [-0.2, 0) is 28.5 Å². The monoisotopic (exact) mass is 376 g/mol. The van der Waals surface area contributed by atoms with Crippen molar-refractivity contribution in [2.24, 2.45) is 10.8 Å². The number of aliphatic hydroxyl groups excluding tert-OH is 1. The molecule has 9 nitrogen and oxygen atoms in total. The third-order valence-electron chi connectivity index (χ3n) is 3.68. The molecule has 2 rings (SSSR count). The predicted molar refractivity (Wildman–Crippen MR) is 91.4 cm³/mol. The van der Waals surface area contributed by atoms with Crippen molar-refractivity contribution in [2.75, 3.05) is 40.0 Å². The first-order valence-corrected chi connectivity index (χ1v) is 7.81. The topological polar surface area (TPSA) is 132 Å². The van der Waals surface area contributed by atoms with Crippen LogP contribution in [0.4, 0.5) is 0 Å². The summed E-state index contributed by atoms with van der Waals surface area (Å²) < 4.78 is 21.8. The molecule has 1 atom stereocenters. The van der Waals surface area contributed by atoms with Crippen molar-refractivity contribution in [1.82, 2.24) is 0 Å². The molecular formula is C17H28O9. The SMILES string of the molecule is C=CC(=O)O.C=CC(=O)O.CC(C)(CO)C1OCOCC12COCOC2. The van der Waals surface area contributed by atoms with Gasteiger partial charge in [-0.25, -0.2) is 9.59 Å². The number of hydrogen-bond donors (Lipinski definition) is 3. The van der Waals surface area contributed by atoms with Crippen molar-refractivity contribution in [1.29, 1.82) is 0 Å². The molecule has 0 aromatic carbocycles. The standard InChI is InChI=1S/C11H20O5.2C3H4O2/c1-10(2,3-12)9-11(6-15-8-16-9)4-13-7-14-5-11;2*1-2-3(4)5/h9,12H,3-8H2,1-2H3;2*2H,1H2,(H,4,5). The number of carboxylic acid groups (broad SMARTS) is 2. The van der Waals surface area contributed by atoms with E-state index < -0.39 is 11.9 Å². The Morgan fingerprint density at radius 1 is 1.04 bits per heavy atom. The van der Waals surface area contributed by atoms with Crippen LogP contribution >= 0.6 is 0 Å². The Bertz CT molecular complexity index is 441. The van der Waals surface area contributed by atoms with Crippen LogP contribution in [0.3, 0.4) is 0 Å². The molecule has 0 radical (unpaired) electrons. The Kier molecular flexibility index (Phi) is 11.0. The maximum Gasteiger partial charge on any atom is 0.327 e. The summed E-state index contributed by atoms with van der Waals surface area (Å²) in [6.07, 6.45) is 1.55. The maximum atomic E-state index is 9.46. The average molecular weight is 376 g/mol. The second-order valence-corrected chi connectivity index (χ2v) is 6.42. The van der Waals surface area contributed by atoms with Gasteiger partial charge in [-0.15, -0.1) is 0 Å². The summed E-state index contributed by atoms with van der Waals surface area (Å²) in [5, 5.41) is 24.7. The fourth-order valence-corrected chi connectivity index (χ4v) is 2.58. The molecule has 3 N–H and O–H groups in total. The van der Waals surface area contributed by atoms with Crippen molar-refractivity contribution >= 4 is 11.9 Å². The summed E-state index contributed by atoms with van der Waals surface area (Å²) >= 11 is 0. The molecular weight excluding hydrogens is 348 g/mol. The smallest absolute Gasteiger partial charge is 0.327 e. The quantitative estimate of drug-likeness (QED) is 0.612. The molecule has 26 heavy (non-hydrogen) atoms. The minimum atomic E-state index is -0.981. The first-order valence-electron chi connectivity index (χ1n) is 7.81. The highest BCUT2D eigenvalue weighted by atomic mass is 16.7. The number of rotatable bonds is 4. The molecule has 2 aliphatic heterocycles. The van der Waals surface area contributed by atoms with Crippen molar-refractivity contribution in [3.8, 4) is 0 Å². The molecule has 0 aromatic rings. The Morgan fingerprint density at radius 2 is 1.42 bits per heavy atom. The van der Waals surface area contributed by atoms with Gasteiger partial charge in [0.25, 0.3) is 0 Å². The van der Waals surface area contributed by atoms with E-state index in [0.29, 0.717) is 26.6 Å². The first-order chi connectivity index (χ1) is 12.1. The Morgan fingerprint density at radius 3 is 1.77 bits per heavy atom. The lowest BCUT2D eigenvalue weighted by Crippen LogP contribution is -2.59. The molecule has 0 saturated carbocycles. The van der Waals surface area contributed by atoms with Crippen molar-refractivity contribution in [3.63, 3.8) is 0 Å². The average Bonchev–Trinajstić information content (AvgIpc) is 2.63. The fourth-order valence-electron chi connectivity index (χ4n) is 2.58. The zero-order valence-electron chi connectivity index (χ0n) is 15.2. The van der Waals surface area contributed by atoms with Gasteiger partial charge in [0.15, 0.2) is 0 Å². The molecule has 1 unspecified atom stereocenters. The molecule has 0 bridgehead atoms. The van der Waals surface area contributed by atoms with Crippen LogP contribution < -0.4 is 0 Å². The molecule has 2 fully saturated rings. The molecule has 2 heterocycles. The summed E-state index contributed by atoms with van der Waals surface area (Å²) in [7, 11) is 0. The number of aliphatic carboxylic acids is 2. The molecule has 150 valence electrons. The van der Waals surface area contributed by atoms with Gasteiger partial charge in [0, 0.05) is 17.6 Å². The highest BCUT2D eigenvalue weighted by Gasteiger charge is 2.51. The number of aliphatic hydroxyl groups is 1. The number of carboxylic acids is 2. The minimum absolute atomic E-state index is 0.0689. The lowest BCUT2D eigenvalue weighted by Gasteiger charge is -2.50. The van der Waals surface area contributed by atoms with Gasteiger partial charge in [-0.2, -0.15) is 0 Å². The zero-order chi connectivity index (χ0) is 20.2. The van der Waals surface area contributed by atoms with Gasteiger partial charge in [0.05, 0.1) is 37.9 Å². The van der Waals surface area contributed by atoms with Gasteiger partial charge in [-0.05, 0) is 0 Å². The van der Waals surface area contributed by atoms with Crippen LogP contribution in [0.15, 0.2) is 25.3 Å². The van der Waals surface area contributed by atoms with E-state index in [2.05, 4.69) is 13.2 Å². The summed E-state index contributed by atoms with van der Waals surface area (Å²) in [6, 6.07) is 0. The minimum Gasteiger partial charge on any atom is -0.478 e. The summed E-state index contributed by atoms with van der Waals surface area (Å²) in [4.78, 5) is 18.5. The predicted octanol–water partition coefficient (Wildman–Crippen LogP) is 0.883. The number of carbonyl (C=O) groups is 2. The molecule has 0 aliphatic carbocycles. The van der Waals surface area contributed by atoms with E-state index in [-0.39, 0.29) is 30.3 Å².